The number of rotatable bonds is 4. The van der Waals surface area contributed by atoms with Crippen LogP contribution in [0.15, 0.2) is 24.3 Å². The molecule has 2 amide bonds. The molecule has 0 spiro atoms. The van der Waals surface area contributed by atoms with Crippen molar-refractivity contribution >= 4 is 11.8 Å². The molecule has 0 radical (unpaired) electrons. The Balaban J connectivity index is 1.53. The summed E-state index contributed by atoms with van der Waals surface area (Å²) in [5.74, 6) is -0.519. The van der Waals surface area contributed by atoms with Crippen LogP contribution in [0, 0.1) is 5.82 Å². The van der Waals surface area contributed by atoms with Crippen LogP contribution in [0.3, 0.4) is 0 Å². The van der Waals surface area contributed by atoms with Crippen LogP contribution in [-0.2, 0) is 16.0 Å². The third-order valence-electron chi connectivity index (χ3n) is 5.15. The minimum absolute atomic E-state index is 0.0342. The van der Waals surface area contributed by atoms with E-state index in [0.29, 0.717) is 24.7 Å². The zero-order valence-electron chi connectivity index (χ0n) is 13.8. The van der Waals surface area contributed by atoms with E-state index in [2.05, 4.69) is 4.90 Å². The molecular weight excluding hydrogens is 309 g/mol. The number of halogens is 1. The molecule has 0 aliphatic carbocycles. The summed E-state index contributed by atoms with van der Waals surface area (Å²) in [6, 6.07) is 6.36. The number of piperidine rings is 1. The number of carbonyl (C=O) groups excluding carboxylic acids is 2. The van der Waals surface area contributed by atoms with Crippen molar-refractivity contribution in [2.24, 2.45) is 5.73 Å². The zero-order chi connectivity index (χ0) is 17.1. The average Bonchev–Trinajstić information content (AvgIpc) is 3.05. The lowest BCUT2D eigenvalue weighted by molar-refractivity contribution is -0.133. The second-order valence-corrected chi connectivity index (χ2v) is 6.72. The normalized spacial score (nSPS) is 22.7. The predicted octanol–water partition coefficient (Wildman–Crippen LogP) is 1.31. The van der Waals surface area contributed by atoms with Crippen LogP contribution in [0.25, 0.3) is 0 Å². The molecule has 2 fully saturated rings. The second-order valence-electron chi connectivity index (χ2n) is 6.72. The standard InChI is InChI=1S/C18H24FN3O2/c19-14-4-1-3-13(11-14)12-17(23)21-9-6-15(7-10-21)22-8-2-5-16(22)18(20)24/h1,3-4,11,15-16H,2,5-10,12H2,(H2,20,24)/t16-/m0/s1. The maximum absolute atomic E-state index is 13.2. The summed E-state index contributed by atoms with van der Waals surface area (Å²) < 4.78 is 13.2. The van der Waals surface area contributed by atoms with E-state index in [1.807, 2.05) is 4.90 Å². The number of hydrogen-bond donors (Lipinski definition) is 1. The molecule has 2 aliphatic rings. The fourth-order valence-electron chi connectivity index (χ4n) is 3.91. The number of carbonyl (C=O) groups is 2. The fraction of sp³-hybridized carbons (Fsp3) is 0.556. The van der Waals surface area contributed by atoms with Crippen molar-refractivity contribution in [2.75, 3.05) is 19.6 Å². The van der Waals surface area contributed by atoms with Gasteiger partial charge in [0.05, 0.1) is 12.5 Å². The highest BCUT2D eigenvalue weighted by Crippen LogP contribution is 2.26. The van der Waals surface area contributed by atoms with E-state index in [-0.39, 0.29) is 30.1 Å². The Morgan fingerprint density at radius 3 is 2.58 bits per heavy atom. The van der Waals surface area contributed by atoms with Crippen molar-refractivity contribution in [3.8, 4) is 0 Å². The number of nitrogens with zero attached hydrogens (tertiary/aromatic N) is 2. The molecule has 24 heavy (non-hydrogen) atoms. The Morgan fingerprint density at radius 1 is 1.17 bits per heavy atom. The van der Waals surface area contributed by atoms with Crippen molar-refractivity contribution in [3.05, 3.63) is 35.6 Å². The number of hydrogen-bond acceptors (Lipinski definition) is 3. The molecular formula is C18H24FN3O2. The zero-order valence-corrected chi connectivity index (χ0v) is 13.8. The molecule has 0 aromatic heterocycles. The van der Waals surface area contributed by atoms with Crippen molar-refractivity contribution in [3.63, 3.8) is 0 Å². The fourth-order valence-corrected chi connectivity index (χ4v) is 3.91. The highest BCUT2D eigenvalue weighted by Gasteiger charge is 2.36. The van der Waals surface area contributed by atoms with E-state index in [1.165, 1.54) is 12.1 Å². The van der Waals surface area contributed by atoms with Crippen molar-refractivity contribution in [1.29, 1.82) is 0 Å². The Kier molecular flexibility index (Phi) is 5.14. The quantitative estimate of drug-likeness (QED) is 0.903. The van der Waals surface area contributed by atoms with Gasteiger partial charge in [-0.25, -0.2) is 4.39 Å². The van der Waals surface area contributed by atoms with Gasteiger partial charge in [0.1, 0.15) is 5.82 Å². The SMILES string of the molecule is NC(=O)[C@@H]1CCCN1C1CCN(C(=O)Cc2cccc(F)c2)CC1. The maximum atomic E-state index is 13.2. The molecule has 2 heterocycles. The van der Waals surface area contributed by atoms with Gasteiger partial charge >= 0.3 is 0 Å². The number of nitrogens with two attached hydrogens (primary N) is 1. The van der Waals surface area contributed by atoms with E-state index >= 15 is 0 Å². The summed E-state index contributed by atoms with van der Waals surface area (Å²) >= 11 is 0. The topological polar surface area (TPSA) is 66.6 Å². The summed E-state index contributed by atoms with van der Waals surface area (Å²) in [5, 5.41) is 0. The van der Waals surface area contributed by atoms with Gasteiger partial charge in [-0.3, -0.25) is 14.5 Å². The summed E-state index contributed by atoms with van der Waals surface area (Å²) in [4.78, 5) is 28.0. The second kappa shape index (κ2) is 7.30. The summed E-state index contributed by atoms with van der Waals surface area (Å²) in [6.45, 7) is 2.27. The Morgan fingerprint density at radius 2 is 1.92 bits per heavy atom. The van der Waals surface area contributed by atoms with Gasteiger partial charge in [-0.2, -0.15) is 0 Å². The highest BCUT2D eigenvalue weighted by atomic mass is 19.1. The third kappa shape index (κ3) is 3.75. The largest absolute Gasteiger partial charge is 0.368 e. The lowest BCUT2D eigenvalue weighted by atomic mass is 10.0. The van der Waals surface area contributed by atoms with E-state index in [4.69, 9.17) is 5.73 Å². The van der Waals surface area contributed by atoms with Crippen LogP contribution in [0.1, 0.15) is 31.2 Å². The van der Waals surface area contributed by atoms with Crippen LogP contribution < -0.4 is 5.73 Å². The Labute approximate surface area is 141 Å². The number of likely N-dealkylation sites (tertiary alicyclic amines) is 2. The van der Waals surface area contributed by atoms with Gasteiger partial charge in [0.2, 0.25) is 11.8 Å². The number of primary amides is 1. The molecule has 6 heteroatoms. The molecule has 0 bridgehead atoms. The van der Waals surface area contributed by atoms with Gasteiger partial charge in [-0.1, -0.05) is 12.1 Å². The van der Waals surface area contributed by atoms with Crippen LogP contribution in [0.4, 0.5) is 4.39 Å². The maximum Gasteiger partial charge on any atom is 0.234 e. The van der Waals surface area contributed by atoms with E-state index in [9.17, 15) is 14.0 Å². The Hall–Kier alpha value is -1.95. The lowest BCUT2D eigenvalue weighted by Gasteiger charge is -2.38. The van der Waals surface area contributed by atoms with Gasteiger partial charge < -0.3 is 10.6 Å². The summed E-state index contributed by atoms with van der Waals surface area (Å²) in [6.07, 6.45) is 3.80. The molecule has 130 valence electrons. The molecule has 3 rings (SSSR count). The monoisotopic (exact) mass is 333 g/mol. The van der Waals surface area contributed by atoms with E-state index in [1.54, 1.807) is 12.1 Å². The molecule has 1 aromatic carbocycles. The van der Waals surface area contributed by atoms with Crippen molar-refractivity contribution in [1.82, 2.24) is 9.80 Å². The van der Waals surface area contributed by atoms with Gasteiger partial charge in [-0.05, 0) is 49.9 Å². The highest BCUT2D eigenvalue weighted by molar-refractivity contribution is 5.80. The molecule has 0 unspecified atom stereocenters. The van der Waals surface area contributed by atoms with E-state index < -0.39 is 0 Å². The van der Waals surface area contributed by atoms with Gasteiger partial charge in [0.15, 0.2) is 0 Å². The molecule has 5 nitrogen and oxygen atoms in total. The first kappa shape index (κ1) is 16.9. The molecule has 2 N–H and O–H groups in total. The summed E-state index contributed by atoms with van der Waals surface area (Å²) in [7, 11) is 0. The van der Waals surface area contributed by atoms with Crippen LogP contribution in [0.2, 0.25) is 0 Å². The first-order valence-corrected chi connectivity index (χ1v) is 8.62. The van der Waals surface area contributed by atoms with Crippen molar-refractivity contribution in [2.45, 2.75) is 44.2 Å². The lowest BCUT2D eigenvalue weighted by Crippen LogP contribution is -2.51. The average molecular weight is 333 g/mol. The Bertz CT molecular complexity index is 614. The smallest absolute Gasteiger partial charge is 0.234 e. The molecule has 2 aliphatic heterocycles. The van der Waals surface area contributed by atoms with Crippen LogP contribution in [0.5, 0.6) is 0 Å². The van der Waals surface area contributed by atoms with Crippen molar-refractivity contribution < 1.29 is 14.0 Å². The predicted molar refractivity (Wildman–Crippen MR) is 88.6 cm³/mol. The van der Waals surface area contributed by atoms with Crippen LogP contribution in [-0.4, -0.2) is 53.3 Å². The molecule has 1 atom stereocenters. The number of amides is 2. The minimum atomic E-state index is -0.314. The molecule has 1 aromatic rings. The first-order chi connectivity index (χ1) is 11.5. The van der Waals surface area contributed by atoms with E-state index in [0.717, 1.165) is 32.2 Å². The minimum Gasteiger partial charge on any atom is -0.368 e. The van der Waals surface area contributed by atoms with Gasteiger partial charge in [-0.15, -0.1) is 0 Å². The van der Waals surface area contributed by atoms with Crippen LogP contribution >= 0.6 is 0 Å². The number of benzene rings is 1. The first-order valence-electron chi connectivity index (χ1n) is 8.62. The van der Waals surface area contributed by atoms with Gasteiger partial charge in [0.25, 0.3) is 0 Å². The van der Waals surface area contributed by atoms with Gasteiger partial charge in [0, 0.05) is 19.1 Å². The summed E-state index contributed by atoms with van der Waals surface area (Å²) in [5.41, 5.74) is 6.20. The molecule has 2 saturated heterocycles. The molecule has 0 saturated carbocycles. The third-order valence-corrected chi connectivity index (χ3v) is 5.15.